The van der Waals surface area contributed by atoms with Gasteiger partial charge in [-0.1, -0.05) is 71.6 Å². The van der Waals surface area contributed by atoms with Crippen LogP contribution in [0.2, 0.25) is 0 Å². The summed E-state index contributed by atoms with van der Waals surface area (Å²) < 4.78 is 0. The smallest absolute Gasteiger partial charge is 0.00952 e. The monoisotopic (exact) mass is 253 g/mol. The normalized spacial score (nSPS) is 19.7. The highest BCUT2D eigenvalue weighted by Gasteiger charge is 2.21. The Balaban J connectivity index is 2.23. The zero-order valence-corrected chi connectivity index (χ0v) is 12.8. The Bertz CT molecular complexity index is 170. The maximum Gasteiger partial charge on any atom is 0.00952 e. The number of nitrogens with one attached hydrogen (secondary N) is 1. The zero-order chi connectivity index (χ0) is 13.1. The molecule has 1 fully saturated rings. The minimum absolute atomic E-state index is 0.815. The average molecular weight is 253 g/mol. The van der Waals surface area contributed by atoms with E-state index in [1.807, 2.05) is 0 Å². The van der Waals surface area contributed by atoms with Crippen molar-refractivity contribution in [1.29, 1.82) is 0 Å². The lowest BCUT2D eigenvalue weighted by Gasteiger charge is -2.27. The Morgan fingerprint density at radius 3 is 2.17 bits per heavy atom. The van der Waals surface area contributed by atoms with Crippen molar-refractivity contribution in [3.8, 4) is 0 Å². The lowest BCUT2D eigenvalue weighted by Crippen LogP contribution is -2.36. The molecule has 1 unspecified atom stereocenters. The van der Waals surface area contributed by atoms with Crippen LogP contribution in [0.25, 0.3) is 0 Å². The van der Waals surface area contributed by atoms with Gasteiger partial charge >= 0.3 is 0 Å². The summed E-state index contributed by atoms with van der Waals surface area (Å²) in [6.07, 6.45) is 17.4. The van der Waals surface area contributed by atoms with E-state index in [0.717, 1.165) is 18.5 Å². The maximum absolute atomic E-state index is 3.77. The molecular weight excluding hydrogens is 218 g/mol. The predicted molar refractivity (Wildman–Crippen MR) is 82.0 cm³/mol. The summed E-state index contributed by atoms with van der Waals surface area (Å²) in [7, 11) is 0. The van der Waals surface area contributed by atoms with E-state index in [-0.39, 0.29) is 0 Å². The third kappa shape index (κ3) is 6.78. The molecule has 1 N–H and O–H groups in total. The molecule has 1 aliphatic rings. The Labute approximate surface area is 115 Å². The summed E-state index contributed by atoms with van der Waals surface area (Å²) in [6.45, 7) is 5.71. The third-order valence-electron chi connectivity index (χ3n) is 4.55. The summed E-state index contributed by atoms with van der Waals surface area (Å²) in [4.78, 5) is 0. The second-order valence-electron chi connectivity index (χ2n) is 6.12. The van der Waals surface area contributed by atoms with Crippen molar-refractivity contribution in [2.75, 3.05) is 6.54 Å². The molecule has 0 aromatic heterocycles. The van der Waals surface area contributed by atoms with Gasteiger partial charge in [-0.25, -0.2) is 0 Å². The average Bonchev–Trinajstić information content (AvgIpc) is 2.66. The second-order valence-corrected chi connectivity index (χ2v) is 6.12. The molecule has 0 amide bonds. The molecule has 0 aromatic rings. The molecule has 18 heavy (non-hydrogen) atoms. The van der Waals surface area contributed by atoms with Crippen LogP contribution in [0.5, 0.6) is 0 Å². The van der Waals surface area contributed by atoms with Crippen LogP contribution < -0.4 is 5.32 Å². The summed E-state index contributed by atoms with van der Waals surface area (Å²) in [5.41, 5.74) is 0. The van der Waals surface area contributed by atoms with Crippen molar-refractivity contribution in [2.45, 2.75) is 96.9 Å². The molecule has 1 saturated carbocycles. The van der Waals surface area contributed by atoms with Gasteiger partial charge in [0, 0.05) is 6.04 Å². The Morgan fingerprint density at radius 2 is 1.56 bits per heavy atom. The first-order valence-electron chi connectivity index (χ1n) is 8.61. The molecule has 0 spiro atoms. The van der Waals surface area contributed by atoms with Crippen molar-refractivity contribution in [3.63, 3.8) is 0 Å². The van der Waals surface area contributed by atoms with E-state index < -0.39 is 0 Å². The van der Waals surface area contributed by atoms with Gasteiger partial charge in [-0.2, -0.15) is 0 Å². The topological polar surface area (TPSA) is 12.0 Å². The van der Waals surface area contributed by atoms with Crippen molar-refractivity contribution >= 4 is 0 Å². The fourth-order valence-corrected chi connectivity index (χ4v) is 3.45. The predicted octanol–water partition coefficient (Wildman–Crippen LogP) is 5.30. The van der Waals surface area contributed by atoms with Gasteiger partial charge in [-0.3, -0.25) is 0 Å². The minimum atomic E-state index is 0.815. The van der Waals surface area contributed by atoms with Gasteiger partial charge in [0.15, 0.2) is 0 Å². The van der Waals surface area contributed by atoms with Crippen molar-refractivity contribution in [1.82, 2.24) is 5.32 Å². The van der Waals surface area contributed by atoms with E-state index in [9.17, 15) is 0 Å². The van der Waals surface area contributed by atoms with Crippen LogP contribution in [-0.2, 0) is 0 Å². The van der Waals surface area contributed by atoms with Crippen LogP contribution >= 0.6 is 0 Å². The summed E-state index contributed by atoms with van der Waals surface area (Å²) >= 11 is 0. The van der Waals surface area contributed by atoms with Crippen LogP contribution in [-0.4, -0.2) is 12.6 Å². The Hall–Kier alpha value is -0.0400. The van der Waals surface area contributed by atoms with Crippen LogP contribution in [0, 0.1) is 5.92 Å². The molecule has 1 heteroatoms. The van der Waals surface area contributed by atoms with Gasteiger partial charge in [0.05, 0.1) is 0 Å². The maximum atomic E-state index is 3.77. The zero-order valence-electron chi connectivity index (χ0n) is 12.8. The largest absolute Gasteiger partial charge is 0.314 e. The van der Waals surface area contributed by atoms with Crippen LogP contribution in [0.4, 0.5) is 0 Å². The van der Waals surface area contributed by atoms with Crippen LogP contribution in [0.15, 0.2) is 0 Å². The molecule has 0 bridgehead atoms. The number of hydrogen-bond acceptors (Lipinski definition) is 1. The first-order valence-corrected chi connectivity index (χ1v) is 8.61. The van der Waals surface area contributed by atoms with E-state index in [1.54, 1.807) is 0 Å². The lowest BCUT2D eigenvalue weighted by atomic mass is 9.88. The molecule has 1 nitrogen and oxygen atoms in total. The molecule has 1 aliphatic carbocycles. The molecule has 1 atom stereocenters. The fraction of sp³-hybridized carbons (Fsp3) is 1.00. The van der Waals surface area contributed by atoms with E-state index in [1.165, 1.54) is 77.0 Å². The van der Waals surface area contributed by atoms with E-state index in [2.05, 4.69) is 19.2 Å². The molecule has 0 radical (unpaired) electrons. The molecule has 0 saturated heterocycles. The van der Waals surface area contributed by atoms with Crippen molar-refractivity contribution in [3.05, 3.63) is 0 Å². The van der Waals surface area contributed by atoms with E-state index in [4.69, 9.17) is 0 Å². The van der Waals surface area contributed by atoms with E-state index >= 15 is 0 Å². The highest BCUT2D eigenvalue weighted by atomic mass is 14.9. The number of unbranched alkanes of at least 4 members (excludes halogenated alkanes) is 4. The first kappa shape index (κ1) is 16.0. The molecule has 0 heterocycles. The molecule has 0 aromatic carbocycles. The lowest BCUT2D eigenvalue weighted by molar-refractivity contribution is 0.301. The summed E-state index contributed by atoms with van der Waals surface area (Å²) in [6, 6.07) is 0.815. The van der Waals surface area contributed by atoms with Crippen molar-refractivity contribution < 1.29 is 0 Å². The fourth-order valence-electron chi connectivity index (χ4n) is 3.45. The molecule has 108 valence electrons. The van der Waals surface area contributed by atoms with Gasteiger partial charge in [-0.05, 0) is 31.7 Å². The first-order chi connectivity index (χ1) is 8.88. The minimum Gasteiger partial charge on any atom is -0.314 e. The Kier molecular flexibility index (Phi) is 9.65. The van der Waals surface area contributed by atoms with E-state index in [0.29, 0.717) is 0 Å². The molecule has 0 aliphatic heterocycles. The Morgan fingerprint density at radius 1 is 0.889 bits per heavy atom. The van der Waals surface area contributed by atoms with Gasteiger partial charge < -0.3 is 5.32 Å². The van der Waals surface area contributed by atoms with Gasteiger partial charge in [0.1, 0.15) is 0 Å². The van der Waals surface area contributed by atoms with Gasteiger partial charge in [-0.15, -0.1) is 0 Å². The molecule has 1 rings (SSSR count). The molecular formula is C17H35N. The number of rotatable bonds is 9. The highest BCUT2D eigenvalue weighted by Crippen LogP contribution is 2.27. The van der Waals surface area contributed by atoms with Gasteiger partial charge in [0.25, 0.3) is 0 Å². The van der Waals surface area contributed by atoms with Crippen LogP contribution in [0.3, 0.4) is 0 Å². The SMILES string of the molecule is CCCCCCCC(NCC)C1CCCCCC1. The second kappa shape index (κ2) is 10.8. The standard InChI is InChI=1S/C17H35N/c1-3-5-6-7-12-15-17(18-4-2)16-13-10-8-9-11-14-16/h16-18H,3-15H2,1-2H3. The van der Waals surface area contributed by atoms with Gasteiger partial charge in [0.2, 0.25) is 0 Å². The van der Waals surface area contributed by atoms with Crippen LogP contribution in [0.1, 0.15) is 90.9 Å². The summed E-state index contributed by atoms with van der Waals surface area (Å²) in [5.74, 6) is 0.971. The summed E-state index contributed by atoms with van der Waals surface area (Å²) in [5, 5.41) is 3.77. The highest BCUT2D eigenvalue weighted by molar-refractivity contribution is 4.78. The number of hydrogen-bond donors (Lipinski definition) is 1. The van der Waals surface area contributed by atoms with Crippen molar-refractivity contribution in [2.24, 2.45) is 5.92 Å². The quantitative estimate of drug-likeness (QED) is 0.434. The third-order valence-corrected chi connectivity index (χ3v) is 4.55.